The summed E-state index contributed by atoms with van der Waals surface area (Å²) in [5.74, 6) is 0.0173. The van der Waals surface area contributed by atoms with Crippen LogP contribution in [0, 0.1) is 12.8 Å². The summed E-state index contributed by atoms with van der Waals surface area (Å²) < 4.78 is 11.0. The molecule has 1 aromatic rings. The number of carbonyl (C=O) groups excluding carboxylic acids is 2. The van der Waals surface area contributed by atoms with Gasteiger partial charge in [-0.2, -0.15) is 0 Å². The normalized spacial score (nSPS) is 25.2. The van der Waals surface area contributed by atoms with Crippen molar-refractivity contribution in [2.75, 3.05) is 40.0 Å². The number of carbonyl (C=O) groups is 2. The lowest BCUT2D eigenvalue weighted by Gasteiger charge is -2.38. The molecule has 1 aliphatic heterocycles. The lowest BCUT2D eigenvalue weighted by atomic mass is 10.00. The maximum Gasteiger partial charge on any atom is 0.246 e. The van der Waals surface area contributed by atoms with Crippen LogP contribution in [0.25, 0.3) is 6.08 Å². The van der Waals surface area contributed by atoms with Crippen LogP contribution in [0.2, 0.25) is 0 Å². The number of aryl methyl sites for hydroxylation is 1. The maximum absolute atomic E-state index is 13.5. The molecule has 1 fully saturated rings. The lowest BCUT2D eigenvalue weighted by Crippen LogP contribution is -2.53. The molecule has 0 aliphatic carbocycles. The van der Waals surface area contributed by atoms with Gasteiger partial charge in [0.05, 0.1) is 6.61 Å². The van der Waals surface area contributed by atoms with E-state index < -0.39 is 18.3 Å². The third kappa shape index (κ3) is 9.65. The first-order valence-corrected chi connectivity index (χ1v) is 12.9. The van der Waals surface area contributed by atoms with Crippen LogP contribution >= 0.6 is 0 Å². The molecule has 4 atom stereocenters. The topological polar surface area (TPSA) is 99.5 Å². The van der Waals surface area contributed by atoms with Crippen molar-refractivity contribution in [2.45, 2.75) is 71.3 Å². The molecule has 0 unspecified atom stereocenters. The summed E-state index contributed by atoms with van der Waals surface area (Å²) >= 11 is 0. The molecule has 1 aliphatic rings. The Bertz CT molecular complexity index is 858. The molecule has 0 saturated carbocycles. The molecule has 1 heterocycles. The molecule has 1 aromatic carbocycles. The molecular weight excluding hydrogens is 460 g/mol. The summed E-state index contributed by atoms with van der Waals surface area (Å²) in [6.07, 6.45) is 2.45. The molecular formula is C28H44N2O6. The summed E-state index contributed by atoms with van der Waals surface area (Å²) in [7, 11) is 1.44. The second kappa shape index (κ2) is 15.1. The Labute approximate surface area is 215 Å². The zero-order valence-corrected chi connectivity index (χ0v) is 22.4. The first kappa shape index (κ1) is 30.0. The molecule has 0 spiro atoms. The van der Waals surface area contributed by atoms with Crippen LogP contribution in [-0.2, 0) is 19.1 Å². The fraction of sp³-hybridized carbons (Fsp3) is 0.643. The second-order valence-corrected chi connectivity index (χ2v) is 10.1. The molecule has 0 radical (unpaired) electrons. The molecule has 0 aromatic heterocycles. The number of aliphatic hydroxyl groups is 2. The van der Waals surface area contributed by atoms with Crippen molar-refractivity contribution >= 4 is 17.9 Å². The van der Waals surface area contributed by atoms with Gasteiger partial charge in [0.15, 0.2) is 0 Å². The molecule has 2 amide bonds. The Morgan fingerprint density at radius 2 is 1.97 bits per heavy atom. The first-order valence-electron chi connectivity index (χ1n) is 12.9. The van der Waals surface area contributed by atoms with Crippen molar-refractivity contribution in [3.05, 3.63) is 41.5 Å². The van der Waals surface area contributed by atoms with E-state index in [1.165, 1.54) is 14.0 Å². The van der Waals surface area contributed by atoms with Gasteiger partial charge in [0, 0.05) is 52.4 Å². The molecule has 0 bridgehead atoms. The zero-order chi connectivity index (χ0) is 26.7. The van der Waals surface area contributed by atoms with Gasteiger partial charge in [-0.3, -0.25) is 9.59 Å². The predicted octanol–water partition coefficient (Wildman–Crippen LogP) is 2.65. The van der Waals surface area contributed by atoms with Gasteiger partial charge in [-0.15, -0.1) is 0 Å². The third-order valence-electron chi connectivity index (χ3n) is 6.51. The number of amides is 2. The van der Waals surface area contributed by atoms with Crippen LogP contribution in [0.3, 0.4) is 0 Å². The smallest absolute Gasteiger partial charge is 0.246 e. The number of hydrogen-bond acceptors (Lipinski definition) is 6. The number of benzene rings is 1. The zero-order valence-electron chi connectivity index (χ0n) is 22.4. The minimum Gasteiger partial charge on any atom is -0.388 e. The fourth-order valence-electron chi connectivity index (χ4n) is 4.52. The second-order valence-electron chi connectivity index (χ2n) is 10.1. The van der Waals surface area contributed by atoms with Crippen LogP contribution in [0.15, 0.2) is 30.3 Å². The number of ether oxygens (including phenoxy) is 2. The average molecular weight is 505 g/mol. The summed E-state index contributed by atoms with van der Waals surface area (Å²) in [6.45, 7) is 9.01. The standard InChI is InChI=1S/C28H44N2O6/c1-20(2)15-24-17-29(22(4)31)18-26(35-5)28(34)25(32)19-36-14-7-6-13-30(24)27(33)12-11-23-10-8-9-21(3)16-23/h8-12,16,20,24-26,28,32,34H,6-7,13-15,17-19H2,1-5H3/t24-,25+,26+,28+/m0/s1. The Morgan fingerprint density at radius 1 is 1.22 bits per heavy atom. The van der Waals surface area contributed by atoms with E-state index in [9.17, 15) is 19.8 Å². The van der Waals surface area contributed by atoms with E-state index in [2.05, 4.69) is 13.8 Å². The Hall–Kier alpha value is -2.26. The van der Waals surface area contributed by atoms with E-state index in [1.807, 2.05) is 42.2 Å². The van der Waals surface area contributed by atoms with Gasteiger partial charge in [-0.1, -0.05) is 43.7 Å². The molecule has 8 nitrogen and oxygen atoms in total. The molecule has 8 heteroatoms. The predicted molar refractivity (Wildman–Crippen MR) is 140 cm³/mol. The van der Waals surface area contributed by atoms with E-state index in [-0.39, 0.29) is 31.0 Å². The molecule has 1 saturated heterocycles. The average Bonchev–Trinajstić information content (AvgIpc) is 2.82. The largest absolute Gasteiger partial charge is 0.388 e. The summed E-state index contributed by atoms with van der Waals surface area (Å²) in [4.78, 5) is 29.6. The number of methoxy groups -OCH3 is 1. The highest BCUT2D eigenvalue weighted by atomic mass is 16.5. The van der Waals surface area contributed by atoms with Crippen molar-refractivity contribution in [2.24, 2.45) is 5.92 Å². The Morgan fingerprint density at radius 3 is 2.61 bits per heavy atom. The monoisotopic (exact) mass is 504 g/mol. The van der Waals surface area contributed by atoms with Crippen LogP contribution in [-0.4, -0.2) is 96.1 Å². The summed E-state index contributed by atoms with van der Waals surface area (Å²) in [5.41, 5.74) is 2.08. The van der Waals surface area contributed by atoms with Crippen LogP contribution < -0.4 is 0 Å². The van der Waals surface area contributed by atoms with E-state index in [0.717, 1.165) is 17.5 Å². The van der Waals surface area contributed by atoms with E-state index in [4.69, 9.17) is 9.47 Å². The Kier molecular flexibility index (Phi) is 12.6. The van der Waals surface area contributed by atoms with Crippen molar-refractivity contribution in [1.82, 2.24) is 9.80 Å². The SMILES string of the molecule is CO[C@@H]1CN(C(C)=O)C[C@H](CC(C)C)N(C(=O)C=Cc2cccc(C)c2)CCCCOC[C@@H](O)[C@H]1O. The molecule has 2 N–H and O–H groups in total. The van der Waals surface area contributed by atoms with Gasteiger partial charge in [0.2, 0.25) is 11.8 Å². The van der Waals surface area contributed by atoms with Gasteiger partial charge >= 0.3 is 0 Å². The minimum absolute atomic E-state index is 0.0288. The van der Waals surface area contributed by atoms with Crippen LogP contribution in [0.4, 0.5) is 0 Å². The number of rotatable bonds is 5. The fourth-order valence-corrected chi connectivity index (χ4v) is 4.52. The summed E-state index contributed by atoms with van der Waals surface area (Å²) in [6, 6.07) is 7.75. The third-order valence-corrected chi connectivity index (χ3v) is 6.51. The van der Waals surface area contributed by atoms with Gasteiger partial charge < -0.3 is 29.5 Å². The lowest BCUT2D eigenvalue weighted by molar-refractivity contribution is -0.140. The number of aliphatic hydroxyl groups excluding tert-OH is 2. The van der Waals surface area contributed by atoms with Crippen molar-refractivity contribution in [3.63, 3.8) is 0 Å². The van der Waals surface area contributed by atoms with Crippen molar-refractivity contribution < 1.29 is 29.3 Å². The highest BCUT2D eigenvalue weighted by Gasteiger charge is 2.32. The van der Waals surface area contributed by atoms with Gasteiger partial charge in [-0.05, 0) is 43.7 Å². The van der Waals surface area contributed by atoms with Crippen molar-refractivity contribution in [1.29, 1.82) is 0 Å². The van der Waals surface area contributed by atoms with Gasteiger partial charge in [0.1, 0.15) is 18.3 Å². The molecule has 2 rings (SSSR count). The first-order chi connectivity index (χ1) is 17.1. The van der Waals surface area contributed by atoms with Crippen molar-refractivity contribution in [3.8, 4) is 0 Å². The maximum atomic E-state index is 13.5. The van der Waals surface area contributed by atoms with E-state index in [0.29, 0.717) is 38.5 Å². The molecule has 36 heavy (non-hydrogen) atoms. The highest BCUT2D eigenvalue weighted by molar-refractivity contribution is 5.92. The quantitative estimate of drug-likeness (QED) is 0.598. The Balaban J connectivity index is 2.36. The minimum atomic E-state index is -1.21. The number of hydrogen-bond donors (Lipinski definition) is 2. The van der Waals surface area contributed by atoms with Gasteiger partial charge in [0.25, 0.3) is 0 Å². The van der Waals surface area contributed by atoms with E-state index in [1.54, 1.807) is 11.0 Å². The number of nitrogens with zero attached hydrogens (tertiary/aromatic N) is 2. The van der Waals surface area contributed by atoms with Crippen LogP contribution in [0.1, 0.15) is 51.2 Å². The van der Waals surface area contributed by atoms with Gasteiger partial charge in [-0.25, -0.2) is 0 Å². The summed E-state index contributed by atoms with van der Waals surface area (Å²) in [5, 5.41) is 21.0. The van der Waals surface area contributed by atoms with E-state index >= 15 is 0 Å². The molecule has 202 valence electrons. The van der Waals surface area contributed by atoms with Crippen LogP contribution in [0.5, 0.6) is 0 Å². The highest BCUT2D eigenvalue weighted by Crippen LogP contribution is 2.18.